The van der Waals surface area contributed by atoms with Gasteiger partial charge < -0.3 is 15.2 Å². The summed E-state index contributed by atoms with van der Waals surface area (Å²) in [6.07, 6.45) is 1.54. The third kappa shape index (κ3) is 6.95. The van der Waals surface area contributed by atoms with Crippen LogP contribution in [0.3, 0.4) is 0 Å². The first-order chi connectivity index (χ1) is 9.85. The van der Waals surface area contributed by atoms with E-state index in [1.807, 2.05) is 13.0 Å². The van der Waals surface area contributed by atoms with Crippen molar-refractivity contribution in [3.05, 3.63) is 23.8 Å². The topological polar surface area (TPSA) is 44.5 Å². The van der Waals surface area contributed by atoms with Crippen molar-refractivity contribution >= 4 is 11.8 Å². The van der Waals surface area contributed by atoms with Gasteiger partial charge in [0.25, 0.3) is 0 Å². The molecule has 0 bridgehead atoms. The van der Waals surface area contributed by atoms with Crippen LogP contribution in [0.25, 0.3) is 0 Å². The third-order valence-corrected chi connectivity index (χ3v) is 3.56. The predicted molar refractivity (Wildman–Crippen MR) is 79.0 cm³/mol. The molecule has 7 heteroatoms. The molecule has 0 aliphatic rings. The van der Waals surface area contributed by atoms with Crippen LogP contribution in [0.15, 0.2) is 18.2 Å². The van der Waals surface area contributed by atoms with Crippen LogP contribution in [0, 0.1) is 0 Å². The minimum absolute atomic E-state index is 0.0379. The smallest absolute Gasteiger partial charge is 0.441 e. The lowest BCUT2D eigenvalue weighted by Crippen LogP contribution is -2.21. The fourth-order valence-corrected chi connectivity index (χ4v) is 2.12. The van der Waals surface area contributed by atoms with Gasteiger partial charge in [-0.15, -0.1) is 0 Å². The van der Waals surface area contributed by atoms with Gasteiger partial charge in [0.2, 0.25) is 0 Å². The van der Waals surface area contributed by atoms with Gasteiger partial charge in [0, 0.05) is 11.8 Å². The van der Waals surface area contributed by atoms with Gasteiger partial charge in [0.05, 0.1) is 13.7 Å². The number of benzene rings is 1. The number of alkyl halides is 3. The fraction of sp³-hybridized carbons (Fsp3) is 0.571. The first-order valence-corrected chi connectivity index (χ1v) is 7.60. The Bertz CT molecular complexity index is 441. The highest BCUT2D eigenvalue weighted by molar-refractivity contribution is 8.00. The summed E-state index contributed by atoms with van der Waals surface area (Å²) in [6.45, 7) is 1.96. The molecule has 0 aliphatic carbocycles. The van der Waals surface area contributed by atoms with E-state index in [-0.39, 0.29) is 30.2 Å². The number of thioether (sulfide) groups is 1. The molecule has 2 N–H and O–H groups in total. The van der Waals surface area contributed by atoms with Gasteiger partial charge in [0.15, 0.2) is 11.5 Å². The van der Waals surface area contributed by atoms with Crippen molar-refractivity contribution in [3.8, 4) is 11.5 Å². The summed E-state index contributed by atoms with van der Waals surface area (Å²) in [5.41, 5.74) is 2.64. The Balaban J connectivity index is 2.63. The summed E-state index contributed by atoms with van der Waals surface area (Å²) < 4.78 is 46.7. The third-order valence-electron chi connectivity index (χ3n) is 2.86. The molecule has 1 aromatic rings. The van der Waals surface area contributed by atoms with E-state index in [1.54, 1.807) is 12.1 Å². The second-order valence-corrected chi connectivity index (χ2v) is 5.66. The Morgan fingerprint density at radius 1 is 1.29 bits per heavy atom. The van der Waals surface area contributed by atoms with Crippen LogP contribution in [0.1, 0.15) is 18.9 Å². The highest BCUT2D eigenvalue weighted by Gasteiger charge is 2.27. The molecule has 0 fully saturated rings. The monoisotopic (exact) mass is 323 g/mol. The molecule has 0 aliphatic heterocycles. The number of nitrogens with two attached hydrogens (primary N) is 1. The van der Waals surface area contributed by atoms with E-state index in [0.717, 1.165) is 12.0 Å². The molecule has 0 amide bonds. The van der Waals surface area contributed by atoms with Gasteiger partial charge in [-0.25, -0.2) is 0 Å². The molecule has 0 saturated carbocycles. The molecule has 21 heavy (non-hydrogen) atoms. The molecule has 0 spiro atoms. The van der Waals surface area contributed by atoms with Crippen LogP contribution < -0.4 is 15.2 Å². The first-order valence-electron chi connectivity index (χ1n) is 6.61. The SMILES string of the molecule is CCC(N)Cc1ccc(OC)c(OCCSC(F)(F)F)c1. The number of rotatable bonds is 8. The molecule has 1 rings (SSSR count). The predicted octanol–water partition coefficient (Wildman–Crippen LogP) is 3.61. The van der Waals surface area contributed by atoms with Gasteiger partial charge in [-0.05, 0) is 42.3 Å². The minimum atomic E-state index is -4.23. The van der Waals surface area contributed by atoms with E-state index in [1.165, 1.54) is 7.11 Å². The Kier molecular flexibility index (Phi) is 7.17. The van der Waals surface area contributed by atoms with Gasteiger partial charge in [-0.2, -0.15) is 13.2 Å². The van der Waals surface area contributed by atoms with Gasteiger partial charge in [-0.1, -0.05) is 13.0 Å². The van der Waals surface area contributed by atoms with Crippen molar-refractivity contribution in [2.75, 3.05) is 19.5 Å². The number of ether oxygens (including phenoxy) is 2. The summed E-state index contributed by atoms with van der Waals surface area (Å²) in [6, 6.07) is 5.44. The highest BCUT2D eigenvalue weighted by atomic mass is 32.2. The molecule has 0 heterocycles. The second kappa shape index (κ2) is 8.38. The summed E-state index contributed by atoms with van der Waals surface area (Å²) in [5.74, 6) is 0.785. The number of hydrogen-bond acceptors (Lipinski definition) is 4. The quantitative estimate of drug-likeness (QED) is 0.742. The van der Waals surface area contributed by atoms with Crippen LogP contribution in [0.4, 0.5) is 13.2 Å². The van der Waals surface area contributed by atoms with Crippen LogP contribution >= 0.6 is 11.8 Å². The van der Waals surface area contributed by atoms with Crippen molar-refractivity contribution in [1.29, 1.82) is 0 Å². The highest BCUT2D eigenvalue weighted by Crippen LogP contribution is 2.31. The molecule has 0 radical (unpaired) electrons. The van der Waals surface area contributed by atoms with Crippen molar-refractivity contribution in [3.63, 3.8) is 0 Å². The molecule has 120 valence electrons. The summed E-state index contributed by atoms with van der Waals surface area (Å²) in [5, 5.41) is 0. The lowest BCUT2D eigenvalue weighted by atomic mass is 10.0. The van der Waals surface area contributed by atoms with E-state index < -0.39 is 5.51 Å². The molecular formula is C14H20F3NO2S. The van der Waals surface area contributed by atoms with Gasteiger partial charge >= 0.3 is 5.51 Å². The van der Waals surface area contributed by atoms with E-state index in [2.05, 4.69) is 0 Å². The maximum atomic E-state index is 12.0. The number of hydrogen-bond donors (Lipinski definition) is 1. The lowest BCUT2D eigenvalue weighted by molar-refractivity contribution is -0.0329. The Hall–Kier alpha value is -1.08. The summed E-state index contributed by atoms with van der Waals surface area (Å²) in [7, 11) is 1.49. The Morgan fingerprint density at radius 3 is 2.57 bits per heavy atom. The van der Waals surface area contributed by atoms with E-state index >= 15 is 0 Å². The molecule has 1 aromatic carbocycles. The van der Waals surface area contributed by atoms with Crippen LogP contribution in [0.2, 0.25) is 0 Å². The van der Waals surface area contributed by atoms with Crippen molar-refractivity contribution in [2.24, 2.45) is 5.73 Å². The van der Waals surface area contributed by atoms with Crippen molar-refractivity contribution in [2.45, 2.75) is 31.3 Å². The fourth-order valence-electron chi connectivity index (χ4n) is 1.72. The molecule has 3 nitrogen and oxygen atoms in total. The Morgan fingerprint density at radius 2 is 2.00 bits per heavy atom. The zero-order valence-corrected chi connectivity index (χ0v) is 12.9. The molecule has 1 unspecified atom stereocenters. The van der Waals surface area contributed by atoms with Gasteiger partial charge in [-0.3, -0.25) is 0 Å². The average molecular weight is 323 g/mol. The number of halogens is 3. The maximum absolute atomic E-state index is 12.0. The standard InChI is InChI=1S/C14H20F3NO2S/c1-3-11(18)8-10-4-5-12(19-2)13(9-10)20-6-7-21-14(15,16)17/h4-5,9,11H,3,6-8,18H2,1-2H3. The van der Waals surface area contributed by atoms with Crippen LogP contribution in [0.5, 0.6) is 11.5 Å². The van der Waals surface area contributed by atoms with Crippen LogP contribution in [-0.4, -0.2) is 31.0 Å². The first kappa shape index (κ1) is 18.0. The Labute approximate surface area is 127 Å². The lowest BCUT2D eigenvalue weighted by Gasteiger charge is -2.14. The summed E-state index contributed by atoms with van der Waals surface area (Å²) in [4.78, 5) is 0. The van der Waals surface area contributed by atoms with Crippen LogP contribution in [-0.2, 0) is 6.42 Å². The van der Waals surface area contributed by atoms with Gasteiger partial charge in [0.1, 0.15) is 0 Å². The van der Waals surface area contributed by atoms with Crippen molar-refractivity contribution < 1.29 is 22.6 Å². The van der Waals surface area contributed by atoms with E-state index in [0.29, 0.717) is 17.9 Å². The normalized spacial score (nSPS) is 13.0. The molecule has 0 aromatic heterocycles. The summed E-state index contributed by atoms with van der Waals surface area (Å²) >= 11 is -0.101. The largest absolute Gasteiger partial charge is 0.493 e. The number of methoxy groups -OCH3 is 1. The van der Waals surface area contributed by atoms with E-state index in [9.17, 15) is 13.2 Å². The van der Waals surface area contributed by atoms with E-state index in [4.69, 9.17) is 15.2 Å². The second-order valence-electron chi connectivity index (χ2n) is 4.50. The molecular weight excluding hydrogens is 303 g/mol. The zero-order valence-electron chi connectivity index (χ0n) is 12.1. The van der Waals surface area contributed by atoms with Crippen molar-refractivity contribution in [1.82, 2.24) is 0 Å². The molecule has 1 atom stereocenters. The molecule has 0 saturated heterocycles. The average Bonchev–Trinajstić information content (AvgIpc) is 2.42. The maximum Gasteiger partial charge on any atom is 0.441 e. The minimum Gasteiger partial charge on any atom is -0.493 e. The zero-order chi connectivity index (χ0) is 15.9.